The van der Waals surface area contributed by atoms with Crippen LogP contribution in [-0.4, -0.2) is 39.0 Å². The largest absolute Gasteiger partial charge is 0.459 e. The minimum atomic E-state index is -0.701. The molecule has 0 atom stereocenters. The highest BCUT2D eigenvalue weighted by Crippen LogP contribution is 2.31. The fourth-order valence-corrected chi connectivity index (χ4v) is 3.26. The summed E-state index contributed by atoms with van der Waals surface area (Å²) in [5, 5.41) is 4.46. The summed E-state index contributed by atoms with van der Waals surface area (Å²) in [5.41, 5.74) is 1.86. The Morgan fingerprint density at radius 2 is 1.62 bits per heavy atom. The average molecular weight is 430 g/mol. The van der Waals surface area contributed by atoms with Crippen LogP contribution in [0.3, 0.4) is 0 Å². The van der Waals surface area contributed by atoms with Crippen LogP contribution in [0.25, 0.3) is 5.69 Å². The van der Waals surface area contributed by atoms with Gasteiger partial charge in [-0.25, -0.2) is 4.68 Å². The third kappa shape index (κ3) is 3.74. The summed E-state index contributed by atoms with van der Waals surface area (Å²) in [6.07, 6.45) is 3.49. The van der Waals surface area contributed by atoms with Crippen LogP contribution in [0.15, 0.2) is 54.9 Å². The Balaban J connectivity index is 1.38. The number of rotatable bonds is 5. The molecule has 0 bridgehead atoms. The lowest BCUT2D eigenvalue weighted by Crippen LogP contribution is -2.35. The average Bonchev–Trinajstić information content (AvgIpc) is 3.32. The molecule has 7 nitrogen and oxygen atoms in total. The molecule has 0 unspecified atom stereocenters. The summed E-state index contributed by atoms with van der Waals surface area (Å²) in [6.45, 7) is -0.480. The van der Waals surface area contributed by atoms with Gasteiger partial charge in [0.25, 0.3) is 11.8 Å². The molecule has 1 aromatic heterocycles. The van der Waals surface area contributed by atoms with E-state index < -0.39 is 24.3 Å². The molecular formula is C20H13Cl2N3O4. The highest BCUT2D eigenvalue weighted by Gasteiger charge is 2.37. The van der Waals surface area contributed by atoms with E-state index in [-0.39, 0.29) is 27.8 Å². The molecule has 3 aromatic rings. The predicted molar refractivity (Wildman–Crippen MR) is 105 cm³/mol. The number of imide groups is 1. The first-order valence-electron chi connectivity index (χ1n) is 8.54. The quantitative estimate of drug-likeness (QED) is 0.457. The molecule has 1 aliphatic heterocycles. The smallest absolute Gasteiger partial charge is 0.326 e. The zero-order chi connectivity index (χ0) is 20.5. The maximum atomic E-state index is 12.4. The molecule has 0 saturated heterocycles. The summed E-state index contributed by atoms with van der Waals surface area (Å²) in [6, 6.07) is 11.8. The van der Waals surface area contributed by atoms with Crippen LogP contribution in [0.4, 0.5) is 0 Å². The van der Waals surface area contributed by atoms with Gasteiger partial charge in [-0.15, -0.1) is 0 Å². The molecule has 2 heterocycles. The van der Waals surface area contributed by atoms with Crippen LogP contribution in [-0.2, 0) is 16.1 Å². The SMILES string of the molecule is O=C(CN1C(=O)c2cc(Cl)c(Cl)cc2C1=O)OCc1ccc(-n2cccn2)cc1. The van der Waals surface area contributed by atoms with E-state index in [2.05, 4.69) is 5.10 Å². The molecule has 146 valence electrons. The number of fused-ring (bicyclic) bond motifs is 1. The lowest BCUT2D eigenvalue weighted by molar-refractivity contribution is -0.145. The van der Waals surface area contributed by atoms with Gasteiger partial charge in [0.15, 0.2) is 0 Å². The van der Waals surface area contributed by atoms with Gasteiger partial charge >= 0.3 is 5.97 Å². The maximum absolute atomic E-state index is 12.4. The van der Waals surface area contributed by atoms with Gasteiger partial charge in [0.1, 0.15) is 13.2 Å². The minimum Gasteiger partial charge on any atom is -0.459 e. The number of hydrogen-bond acceptors (Lipinski definition) is 5. The van der Waals surface area contributed by atoms with Crippen molar-refractivity contribution in [2.75, 3.05) is 6.54 Å². The number of carbonyl (C=O) groups is 3. The van der Waals surface area contributed by atoms with Gasteiger partial charge in [-0.2, -0.15) is 5.10 Å². The van der Waals surface area contributed by atoms with Crippen LogP contribution in [0, 0.1) is 0 Å². The second-order valence-corrected chi connectivity index (χ2v) is 7.10. The zero-order valence-electron chi connectivity index (χ0n) is 14.8. The van der Waals surface area contributed by atoms with E-state index in [9.17, 15) is 14.4 Å². The van der Waals surface area contributed by atoms with E-state index in [1.807, 2.05) is 24.4 Å². The van der Waals surface area contributed by atoms with Crippen molar-refractivity contribution < 1.29 is 19.1 Å². The summed E-state index contributed by atoms with van der Waals surface area (Å²) >= 11 is 11.8. The van der Waals surface area contributed by atoms with E-state index in [1.54, 1.807) is 23.0 Å². The van der Waals surface area contributed by atoms with Crippen LogP contribution >= 0.6 is 23.2 Å². The molecule has 0 saturated carbocycles. The molecule has 2 amide bonds. The van der Waals surface area contributed by atoms with Crippen molar-refractivity contribution in [3.8, 4) is 5.69 Å². The molecule has 29 heavy (non-hydrogen) atoms. The Kier molecular flexibility index (Phi) is 5.08. The van der Waals surface area contributed by atoms with Gasteiger partial charge in [-0.05, 0) is 35.9 Å². The first-order chi connectivity index (χ1) is 13.9. The summed E-state index contributed by atoms with van der Waals surface area (Å²) < 4.78 is 6.91. The van der Waals surface area contributed by atoms with Crippen molar-refractivity contribution >= 4 is 41.0 Å². The number of halogens is 2. The third-order valence-electron chi connectivity index (χ3n) is 4.40. The first-order valence-corrected chi connectivity index (χ1v) is 9.29. The monoisotopic (exact) mass is 429 g/mol. The number of carbonyl (C=O) groups excluding carboxylic acids is 3. The van der Waals surface area contributed by atoms with Gasteiger partial charge in [0, 0.05) is 12.4 Å². The van der Waals surface area contributed by atoms with E-state index in [4.69, 9.17) is 27.9 Å². The van der Waals surface area contributed by atoms with Crippen LogP contribution in [0.1, 0.15) is 26.3 Å². The van der Waals surface area contributed by atoms with Crippen molar-refractivity contribution in [2.24, 2.45) is 0 Å². The van der Waals surface area contributed by atoms with Gasteiger partial charge in [-0.3, -0.25) is 19.3 Å². The fraction of sp³-hybridized carbons (Fsp3) is 0.100. The standard InChI is InChI=1S/C20H13Cl2N3O4/c21-16-8-14-15(9-17(16)22)20(28)24(19(14)27)10-18(26)29-11-12-2-4-13(5-3-12)25-7-1-6-23-25/h1-9H,10-11H2. The predicted octanol–water partition coefficient (Wildman–Crippen LogP) is 3.52. The van der Waals surface area contributed by atoms with Crippen molar-refractivity contribution in [1.29, 1.82) is 0 Å². The molecule has 0 spiro atoms. The number of aromatic nitrogens is 2. The molecular weight excluding hydrogens is 417 g/mol. The summed E-state index contributed by atoms with van der Waals surface area (Å²) in [4.78, 5) is 37.8. The molecule has 0 fully saturated rings. The number of ether oxygens (including phenoxy) is 1. The van der Waals surface area contributed by atoms with Crippen molar-refractivity contribution in [1.82, 2.24) is 14.7 Å². The Labute approximate surface area is 175 Å². The zero-order valence-corrected chi connectivity index (χ0v) is 16.4. The molecule has 1 aliphatic rings. The van der Waals surface area contributed by atoms with Gasteiger partial charge < -0.3 is 4.74 Å². The number of benzene rings is 2. The maximum Gasteiger partial charge on any atom is 0.326 e. The Hall–Kier alpha value is -3.16. The summed E-state index contributed by atoms with van der Waals surface area (Å²) in [7, 11) is 0. The van der Waals surface area contributed by atoms with Crippen LogP contribution < -0.4 is 0 Å². The number of esters is 1. The van der Waals surface area contributed by atoms with Crippen molar-refractivity contribution in [2.45, 2.75) is 6.61 Å². The van der Waals surface area contributed by atoms with E-state index in [0.717, 1.165) is 16.2 Å². The third-order valence-corrected chi connectivity index (χ3v) is 5.13. The normalized spacial score (nSPS) is 13.0. The number of nitrogens with zero attached hydrogens (tertiary/aromatic N) is 3. The van der Waals surface area contributed by atoms with E-state index in [0.29, 0.717) is 0 Å². The van der Waals surface area contributed by atoms with Crippen molar-refractivity contribution in [3.63, 3.8) is 0 Å². The molecule has 0 N–H and O–H groups in total. The van der Waals surface area contributed by atoms with Gasteiger partial charge in [0.2, 0.25) is 0 Å². The lowest BCUT2D eigenvalue weighted by atomic mass is 10.1. The Morgan fingerprint density at radius 1 is 1.00 bits per heavy atom. The number of amides is 2. The highest BCUT2D eigenvalue weighted by atomic mass is 35.5. The van der Waals surface area contributed by atoms with Crippen LogP contribution in [0.2, 0.25) is 10.0 Å². The van der Waals surface area contributed by atoms with Crippen molar-refractivity contribution in [3.05, 3.63) is 81.6 Å². The molecule has 2 aromatic carbocycles. The first kappa shape index (κ1) is 19.2. The molecule has 0 aliphatic carbocycles. The molecule has 0 radical (unpaired) electrons. The minimum absolute atomic E-state index is 0.0129. The van der Waals surface area contributed by atoms with Crippen LogP contribution in [0.5, 0.6) is 0 Å². The highest BCUT2D eigenvalue weighted by molar-refractivity contribution is 6.43. The summed E-state index contributed by atoms with van der Waals surface area (Å²) in [5.74, 6) is -1.92. The fourth-order valence-electron chi connectivity index (χ4n) is 2.93. The Morgan fingerprint density at radius 3 is 2.17 bits per heavy atom. The second-order valence-electron chi connectivity index (χ2n) is 6.29. The number of hydrogen-bond donors (Lipinski definition) is 0. The molecule has 9 heteroatoms. The van der Waals surface area contributed by atoms with Gasteiger partial charge in [-0.1, -0.05) is 35.3 Å². The molecule has 4 rings (SSSR count). The Bertz CT molecular complexity index is 1070. The van der Waals surface area contributed by atoms with Gasteiger partial charge in [0.05, 0.1) is 26.9 Å². The lowest BCUT2D eigenvalue weighted by Gasteiger charge is -2.13. The van der Waals surface area contributed by atoms with E-state index in [1.165, 1.54) is 12.1 Å². The topological polar surface area (TPSA) is 81.5 Å². The van der Waals surface area contributed by atoms with E-state index >= 15 is 0 Å². The second kappa shape index (κ2) is 7.69.